The van der Waals surface area contributed by atoms with Gasteiger partial charge < -0.3 is 0 Å². The number of halogens is 3. The van der Waals surface area contributed by atoms with Crippen molar-refractivity contribution >= 4 is 17.4 Å². The minimum absolute atomic E-state index is 0.0244. The van der Waals surface area contributed by atoms with Crippen LogP contribution in [0.2, 0.25) is 0 Å². The molecule has 0 unspecified atom stereocenters. The Morgan fingerprint density at radius 3 is 2.39 bits per heavy atom. The summed E-state index contributed by atoms with van der Waals surface area (Å²) < 4.78 is 41.0. The number of nitrogens with one attached hydrogen (secondary N) is 1. The van der Waals surface area contributed by atoms with Crippen LogP contribution in [0.1, 0.15) is 22.5 Å². The van der Waals surface area contributed by atoms with Gasteiger partial charge in [-0.25, -0.2) is 14.6 Å². The lowest BCUT2D eigenvalue weighted by atomic mass is 10.1. The molecule has 0 saturated carbocycles. The standard InChI is InChI=1S/C21H14F3N7/c1-13-29-18-19(26)30(28-11-15-2-6-16(7-3-15)21(22,23)24)12-27-20(18)31(13)17-8-4-14(10-25)5-9-17/h2-9,11-12,26H,1H3/b26-19?,28-11-. The minimum Gasteiger partial charge on any atom is -0.281 e. The van der Waals surface area contributed by atoms with E-state index in [4.69, 9.17) is 10.7 Å². The predicted molar refractivity (Wildman–Crippen MR) is 107 cm³/mol. The molecule has 4 aromatic rings. The molecule has 0 radical (unpaired) electrons. The maximum Gasteiger partial charge on any atom is 0.416 e. The van der Waals surface area contributed by atoms with Gasteiger partial charge in [0.2, 0.25) is 0 Å². The highest BCUT2D eigenvalue weighted by atomic mass is 19.4. The fourth-order valence-corrected chi connectivity index (χ4v) is 3.04. The van der Waals surface area contributed by atoms with E-state index in [9.17, 15) is 13.2 Å². The van der Waals surface area contributed by atoms with Crippen molar-refractivity contribution in [3.63, 3.8) is 0 Å². The van der Waals surface area contributed by atoms with Crippen LogP contribution in [0.3, 0.4) is 0 Å². The third-order valence-corrected chi connectivity index (χ3v) is 4.59. The summed E-state index contributed by atoms with van der Waals surface area (Å²) in [5.74, 6) is 0.602. The number of hydrogen-bond acceptors (Lipinski definition) is 5. The van der Waals surface area contributed by atoms with Gasteiger partial charge in [0, 0.05) is 5.69 Å². The fourth-order valence-electron chi connectivity index (χ4n) is 3.04. The molecule has 31 heavy (non-hydrogen) atoms. The summed E-state index contributed by atoms with van der Waals surface area (Å²) in [7, 11) is 0. The Hall–Kier alpha value is -4.26. The maximum atomic E-state index is 12.7. The van der Waals surface area contributed by atoms with Crippen molar-refractivity contribution in [1.29, 1.82) is 10.7 Å². The van der Waals surface area contributed by atoms with E-state index >= 15 is 0 Å². The highest BCUT2D eigenvalue weighted by molar-refractivity contribution is 5.79. The topological polar surface area (TPSA) is 95.6 Å². The summed E-state index contributed by atoms with van der Waals surface area (Å²) in [5.41, 5.74) is 1.71. The van der Waals surface area contributed by atoms with Crippen LogP contribution in [-0.2, 0) is 6.18 Å². The summed E-state index contributed by atoms with van der Waals surface area (Å²) >= 11 is 0. The number of imidazole rings is 1. The van der Waals surface area contributed by atoms with Gasteiger partial charge in [0.05, 0.1) is 23.4 Å². The molecule has 2 heterocycles. The number of hydrogen-bond donors (Lipinski definition) is 1. The first-order valence-corrected chi connectivity index (χ1v) is 9.01. The molecular formula is C21H14F3N7. The van der Waals surface area contributed by atoms with Crippen molar-refractivity contribution in [2.24, 2.45) is 5.10 Å². The second-order valence-electron chi connectivity index (χ2n) is 6.63. The number of aryl methyl sites for hydroxylation is 1. The van der Waals surface area contributed by atoms with Crippen molar-refractivity contribution in [2.45, 2.75) is 13.1 Å². The third kappa shape index (κ3) is 3.81. The zero-order valence-electron chi connectivity index (χ0n) is 16.1. The second kappa shape index (κ2) is 7.53. The van der Waals surface area contributed by atoms with Gasteiger partial charge in [-0.05, 0) is 48.9 Å². The summed E-state index contributed by atoms with van der Waals surface area (Å²) in [6.07, 6.45) is -1.72. The van der Waals surface area contributed by atoms with Gasteiger partial charge >= 0.3 is 6.18 Å². The molecule has 154 valence electrons. The predicted octanol–water partition coefficient (Wildman–Crippen LogP) is 3.78. The average molecular weight is 421 g/mol. The van der Waals surface area contributed by atoms with Crippen LogP contribution in [0.5, 0.6) is 0 Å². The molecule has 10 heteroatoms. The molecule has 0 atom stereocenters. The van der Waals surface area contributed by atoms with Crippen LogP contribution in [-0.4, -0.2) is 25.4 Å². The Morgan fingerprint density at radius 1 is 1.10 bits per heavy atom. The number of nitriles is 1. The Bertz CT molecular complexity index is 1390. The molecule has 0 spiro atoms. The van der Waals surface area contributed by atoms with Crippen LogP contribution in [0, 0.1) is 23.7 Å². The molecular weight excluding hydrogens is 407 g/mol. The van der Waals surface area contributed by atoms with Crippen molar-refractivity contribution in [3.8, 4) is 11.8 Å². The Kier molecular flexibility index (Phi) is 4.87. The molecule has 0 amide bonds. The zero-order chi connectivity index (χ0) is 22.2. The number of rotatable bonds is 3. The van der Waals surface area contributed by atoms with Gasteiger partial charge in [-0.1, -0.05) is 12.1 Å². The van der Waals surface area contributed by atoms with Crippen molar-refractivity contribution in [3.05, 3.63) is 82.9 Å². The largest absolute Gasteiger partial charge is 0.416 e. The minimum atomic E-state index is -4.40. The van der Waals surface area contributed by atoms with Crippen molar-refractivity contribution in [2.75, 3.05) is 0 Å². The summed E-state index contributed by atoms with van der Waals surface area (Å²) in [6.45, 7) is 1.77. The van der Waals surface area contributed by atoms with Crippen LogP contribution in [0.4, 0.5) is 13.2 Å². The summed E-state index contributed by atoms with van der Waals surface area (Å²) in [4.78, 5) is 8.77. The molecule has 0 bridgehead atoms. The van der Waals surface area contributed by atoms with E-state index in [1.165, 1.54) is 29.4 Å². The smallest absolute Gasteiger partial charge is 0.281 e. The lowest BCUT2D eigenvalue weighted by Gasteiger charge is -2.07. The second-order valence-corrected chi connectivity index (χ2v) is 6.63. The molecule has 4 rings (SSSR count). The normalized spacial score (nSPS) is 11.8. The van der Waals surface area contributed by atoms with Gasteiger partial charge in [-0.2, -0.15) is 23.5 Å². The lowest BCUT2D eigenvalue weighted by molar-refractivity contribution is -0.137. The molecule has 0 aliphatic heterocycles. The van der Waals surface area contributed by atoms with Gasteiger partial charge in [0.1, 0.15) is 12.2 Å². The van der Waals surface area contributed by atoms with E-state index in [2.05, 4.69) is 21.1 Å². The molecule has 7 nitrogen and oxygen atoms in total. The fraction of sp³-hybridized carbons (Fsp3) is 0.0952. The quantitative estimate of drug-likeness (QED) is 0.510. The highest BCUT2D eigenvalue weighted by Crippen LogP contribution is 2.28. The Morgan fingerprint density at radius 2 is 1.77 bits per heavy atom. The SMILES string of the molecule is Cc1nc2c(=N)n(/N=C\c3ccc(C(F)(F)F)cc3)cnc2n1-c1ccc(C#N)cc1. The van der Waals surface area contributed by atoms with E-state index in [0.717, 1.165) is 17.8 Å². The Balaban J connectivity index is 1.69. The Labute approximate surface area is 173 Å². The monoisotopic (exact) mass is 421 g/mol. The van der Waals surface area contributed by atoms with E-state index in [0.29, 0.717) is 28.1 Å². The number of fused-ring (bicyclic) bond motifs is 1. The van der Waals surface area contributed by atoms with Gasteiger partial charge in [0.15, 0.2) is 16.7 Å². The molecule has 2 aromatic heterocycles. The number of alkyl halides is 3. The van der Waals surface area contributed by atoms with Crippen LogP contribution >= 0.6 is 0 Å². The lowest BCUT2D eigenvalue weighted by Crippen LogP contribution is -2.18. The molecule has 0 fully saturated rings. The molecule has 0 saturated heterocycles. The van der Waals surface area contributed by atoms with E-state index < -0.39 is 11.7 Å². The molecule has 0 aliphatic rings. The number of nitrogens with zero attached hydrogens (tertiary/aromatic N) is 6. The molecule has 1 N–H and O–H groups in total. The van der Waals surface area contributed by atoms with Gasteiger partial charge in [0.25, 0.3) is 0 Å². The maximum absolute atomic E-state index is 12.7. The van der Waals surface area contributed by atoms with Crippen LogP contribution in [0.15, 0.2) is 60.0 Å². The van der Waals surface area contributed by atoms with Crippen molar-refractivity contribution in [1.82, 2.24) is 19.2 Å². The number of benzene rings is 2. The molecule has 0 aliphatic carbocycles. The van der Waals surface area contributed by atoms with Gasteiger partial charge in [-0.15, -0.1) is 0 Å². The first kappa shape index (κ1) is 20.0. The summed E-state index contributed by atoms with van der Waals surface area (Å²) in [5, 5.41) is 21.5. The van der Waals surface area contributed by atoms with E-state index in [-0.39, 0.29) is 5.49 Å². The summed E-state index contributed by atoms with van der Waals surface area (Å²) in [6, 6.07) is 13.5. The first-order valence-electron chi connectivity index (χ1n) is 9.01. The van der Waals surface area contributed by atoms with E-state index in [1.807, 2.05) is 0 Å². The first-order chi connectivity index (χ1) is 14.8. The third-order valence-electron chi connectivity index (χ3n) is 4.59. The number of aromatic nitrogens is 4. The van der Waals surface area contributed by atoms with E-state index in [1.54, 1.807) is 35.8 Å². The average Bonchev–Trinajstić information content (AvgIpc) is 3.10. The zero-order valence-corrected chi connectivity index (χ0v) is 16.1. The van der Waals surface area contributed by atoms with Crippen LogP contribution in [0.25, 0.3) is 16.9 Å². The van der Waals surface area contributed by atoms with Crippen LogP contribution < -0.4 is 5.49 Å². The highest BCUT2D eigenvalue weighted by Gasteiger charge is 2.29. The van der Waals surface area contributed by atoms with Crippen molar-refractivity contribution < 1.29 is 13.2 Å². The van der Waals surface area contributed by atoms with Gasteiger partial charge in [-0.3, -0.25) is 9.98 Å². The molecule has 2 aromatic carbocycles.